The minimum atomic E-state index is -0.413. The molecule has 2 heterocycles. The van der Waals surface area contributed by atoms with E-state index >= 15 is 0 Å². The number of benzene rings is 1. The van der Waals surface area contributed by atoms with Crippen molar-refractivity contribution in [2.75, 3.05) is 23.8 Å². The van der Waals surface area contributed by atoms with Gasteiger partial charge in [-0.1, -0.05) is 12.1 Å². The Labute approximate surface area is 162 Å². The number of hydrogen-bond acceptors (Lipinski definition) is 6. The van der Waals surface area contributed by atoms with Crippen LogP contribution in [0.15, 0.2) is 42.5 Å². The second-order valence-corrected chi connectivity index (χ2v) is 5.47. The van der Waals surface area contributed by atoms with Crippen molar-refractivity contribution in [2.24, 2.45) is 0 Å². The Morgan fingerprint density at radius 2 is 2.04 bits per heavy atom. The molecule has 0 saturated carbocycles. The molecule has 27 heavy (non-hydrogen) atoms. The molecule has 0 amide bonds. The van der Waals surface area contributed by atoms with Gasteiger partial charge in [-0.2, -0.15) is 10.4 Å². The van der Waals surface area contributed by atoms with E-state index in [1.165, 1.54) is 6.07 Å². The van der Waals surface area contributed by atoms with Crippen molar-refractivity contribution in [3.05, 3.63) is 59.5 Å². The predicted octanol–water partition coefficient (Wildman–Crippen LogP) is 3.78. The lowest BCUT2D eigenvalue weighted by atomic mass is 10.2. The summed E-state index contributed by atoms with van der Waals surface area (Å²) < 4.78 is 18.9. The molecule has 0 aliphatic carbocycles. The molecule has 1 aromatic carbocycles. The molecule has 0 bridgehead atoms. The molecular weight excluding hydrogens is 371 g/mol. The van der Waals surface area contributed by atoms with Crippen molar-refractivity contribution in [2.45, 2.75) is 6.92 Å². The Morgan fingerprint density at radius 1 is 1.22 bits per heavy atom. The molecule has 3 rings (SSSR count). The normalized spacial score (nSPS) is 9.81. The fourth-order valence-corrected chi connectivity index (χ4v) is 2.26. The summed E-state index contributed by atoms with van der Waals surface area (Å²) in [6.07, 6.45) is 0. The predicted molar refractivity (Wildman–Crippen MR) is 103 cm³/mol. The summed E-state index contributed by atoms with van der Waals surface area (Å²) in [5.41, 5.74) is 1.32. The van der Waals surface area contributed by atoms with E-state index < -0.39 is 5.82 Å². The van der Waals surface area contributed by atoms with Crippen molar-refractivity contribution in [1.29, 1.82) is 5.26 Å². The highest BCUT2D eigenvalue weighted by atomic mass is 35.5. The number of anilines is 3. The van der Waals surface area contributed by atoms with Crippen molar-refractivity contribution in [3.8, 4) is 11.8 Å². The van der Waals surface area contributed by atoms with Crippen molar-refractivity contribution in [1.82, 2.24) is 15.2 Å². The van der Waals surface area contributed by atoms with Crippen LogP contribution in [0.1, 0.15) is 11.3 Å². The number of halogens is 2. The van der Waals surface area contributed by atoms with Crippen LogP contribution < -0.4 is 15.4 Å². The molecule has 0 atom stereocenters. The Hall–Kier alpha value is -3.31. The smallest absolute Gasteiger partial charge is 0.165 e. The summed E-state index contributed by atoms with van der Waals surface area (Å²) in [4.78, 5) is 4.38. The van der Waals surface area contributed by atoms with Crippen LogP contribution in [0, 0.1) is 24.1 Å². The maximum atomic E-state index is 13.5. The van der Waals surface area contributed by atoms with Gasteiger partial charge in [0.05, 0.1) is 12.1 Å². The fourth-order valence-electron chi connectivity index (χ4n) is 2.26. The number of pyridine rings is 1. The molecule has 3 N–H and O–H groups in total. The number of hydrogen-bond donors (Lipinski definition) is 3. The molecule has 7 nitrogen and oxygen atoms in total. The number of ether oxygens (including phenoxy) is 1. The van der Waals surface area contributed by atoms with Gasteiger partial charge in [0.25, 0.3) is 0 Å². The molecule has 3 aromatic rings. The van der Waals surface area contributed by atoms with Gasteiger partial charge in [0.2, 0.25) is 0 Å². The largest absolute Gasteiger partial charge is 0.489 e. The Kier molecular flexibility index (Phi) is 6.97. The third-order valence-corrected chi connectivity index (χ3v) is 3.47. The number of aromatic nitrogens is 3. The molecule has 140 valence electrons. The van der Waals surface area contributed by atoms with Crippen molar-refractivity contribution < 1.29 is 9.13 Å². The number of nitriles is 1. The Bertz CT molecular complexity index is 940. The first-order chi connectivity index (χ1) is 12.7. The molecule has 0 saturated heterocycles. The Morgan fingerprint density at radius 3 is 2.74 bits per heavy atom. The minimum Gasteiger partial charge on any atom is -0.489 e. The maximum Gasteiger partial charge on any atom is 0.165 e. The highest BCUT2D eigenvalue weighted by molar-refractivity contribution is 5.85. The van der Waals surface area contributed by atoms with Gasteiger partial charge in [-0.25, -0.2) is 9.37 Å². The first-order valence-electron chi connectivity index (χ1n) is 7.97. The van der Waals surface area contributed by atoms with Crippen LogP contribution in [0.2, 0.25) is 0 Å². The third-order valence-electron chi connectivity index (χ3n) is 3.47. The molecule has 0 aliphatic heterocycles. The minimum absolute atomic E-state index is 0. The molecule has 9 heteroatoms. The van der Waals surface area contributed by atoms with Gasteiger partial charge < -0.3 is 15.4 Å². The topological polar surface area (TPSA) is 98.7 Å². The number of nitrogens with one attached hydrogen (secondary N) is 3. The summed E-state index contributed by atoms with van der Waals surface area (Å²) in [5, 5.41) is 22.2. The summed E-state index contributed by atoms with van der Waals surface area (Å²) in [5.74, 6) is 1.37. The highest BCUT2D eigenvalue weighted by Gasteiger charge is 2.07. The van der Waals surface area contributed by atoms with E-state index in [-0.39, 0.29) is 24.8 Å². The number of aromatic amines is 1. The number of rotatable bonds is 7. The third kappa shape index (κ3) is 5.33. The van der Waals surface area contributed by atoms with Crippen LogP contribution in [-0.4, -0.2) is 28.3 Å². The number of aryl methyl sites for hydroxylation is 1. The summed E-state index contributed by atoms with van der Waals surface area (Å²) in [7, 11) is 0. The van der Waals surface area contributed by atoms with Gasteiger partial charge in [0, 0.05) is 11.8 Å². The van der Waals surface area contributed by atoms with E-state index in [1.807, 2.05) is 13.0 Å². The quantitative estimate of drug-likeness (QED) is 0.533. The SMILES string of the molecule is Cc1cc(Nc2ccc(C#N)c(NCCOc3ccccc3F)n2)n[nH]1.Cl. The van der Waals surface area contributed by atoms with E-state index in [0.717, 1.165) is 5.69 Å². The lowest BCUT2D eigenvalue weighted by molar-refractivity contribution is 0.315. The average molecular weight is 389 g/mol. The zero-order chi connectivity index (χ0) is 18.4. The van der Waals surface area contributed by atoms with Gasteiger partial charge in [-0.3, -0.25) is 5.10 Å². The van der Waals surface area contributed by atoms with Crippen LogP contribution in [0.5, 0.6) is 5.75 Å². The van der Waals surface area contributed by atoms with E-state index in [1.54, 1.807) is 30.3 Å². The monoisotopic (exact) mass is 388 g/mol. The molecule has 0 radical (unpaired) electrons. The van der Waals surface area contributed by atoms with E-state index in [9.17, 15) is 9.65 Å². The summed E-state index contributed by atoms with van der Waals surface area (Å²) >= 11 is 0. The van der Waals surface area contributed by atoms with Gasteiger partial charge >= 0.3 is 0 Å². The van der Waals surface area contributed by atoms with Crippen LogP contribution in [-0.2, 0) is 0 Å². The lowest BCUT2D eigenvalue weighted by Gasteiger charge is -2.11. The number of nitrogens with zero attached hydrogens (tertiary/aromatic N) is 3. The summed E-state index contributed by atoms with van der Waals surface area (Å²) in [6, 6.07) is 13.5. The fraction of sp³-hybridized carbons (Fsp3) is 0.167. The molecular formula is C18H18ClFN6O. The second kappa shape index (κ2) is 9.40. The van der Waals surface area contributed by atoms with Gasteiger partial charge in [-0.15, -0.1) is 12.4 Å². The average Bonchev–Trinajstić information content (AvgIpc) is 3.05. The van der Waals surface area contributed by atoms with Crippen LogP contribution in [0.4, 0.5) is 21.8 Å². The first kappa shape index (κ1) is 20.0. The number of H-pyrrole nitrogens is 1. The van der Waals surface area contributed by atoms with Crippen LogP contribution in [0.25, 0.3) is 0 Å². The lowest BCUT2D eigenvalue weighted by Crippen LogP contribution is -2.14. The molecule has 0 spiro atoms. The van der Waals surface area contributed by atoms with Gasteiger partial charge in [-0.05, 0) is 31.2 Å². The van der Waals surface area contributed by atoms with Gasteiger partial charge in [0.1, 0.15) is 24.3 Å². The maximum absolute atomic E-state index is 13.5. The van der Waals surface area contributed by atoms with E-state index in [0.29, 0.717) is 29.6 Å². The zero-order valence-corrected chi connectivity index (χ0v) is 15.3. The molecule has 2 aromatic heterocycles. The summed E-state index contributed by atoms with van der Waals surface area (Å²) in [6.45, 7) is 2.48. The van der Waals surface area contributed by atoms with Crippen molar-refractivity contribution >= 4 is 29.9 Å². The van der Waals surface area contributed by atoms with E-state index in [2.05, 4.69) is 31.9 Å². The van der Waals surface area contributed by atoms with Crippen LogP contribution in [0.3, 0.4) is 0 Å². The molecule has 0 fully saturated rings. The van der Waals surface area contributed by atoms with Crippen molar-refractivity contribution in [3.63, 3.8) is 0 Å². The number of para-hydroxylation sites is 1. The second-order valence-electron chi connectivity index (χ2n) is 5.47. The molecule has 0 aliphatic rings. The first-order valence-corrected chi connectivity index (χ1v) is 7.97. The van der Waals surface area contributed by atoms with Gasteiger partial charge in [0.15, 0.2) is 17.4 Å². The van der Waals surface area contributed by atoms with E-state index in [4.69, 9.17) is 4.74 Å². The Balaban J connectivity index is 0.00000261. The zero-order valence-electron chi connectivity index (χ0n) is 14.5. The highest BCUT2D eigenvalue weighted by Crippen LogP contribution is 2.19. The van der Waals surface area contributed by atoms with Crippen LogP contribution >= 0.6 is 12.4 Å². The standard InChI is InChI=1S/C18H17FN6O.ClH/c1-12-10-17(25-24-12)22-16-7-6-13(11-20)18(23-16)21-8-9-26-15-5-3-2-4-14(15)19;/h2-7,10H,8-9H2,1H3,(H3,21,22,23,24,25);1H. The molecule has 0 unspecified atom stereocenters.